The van der Waals surface area contributed by atoms with Crippen LogP contribution in [-0.2, 0) is 5.41 Å². The molecule has 21 heavy (non-hydrogen) atoms. The second-order valence-corrected chi connectivity index (χ2v) is 6.06. The number of ether oxygens (including phenoxy) is 1. The number of nitro groups is 1. The average Bonchev–Trinajstić information content (AvgIpc) is 2.36. The lowest BCUT2D eigenvalue weighted by Crippen LogP contribution is -2.25. The third kappa shape index (κ3) is 2.82. The first-order chi connectivity index (χ1) is 9.74. The van der Waals surface area contributed by atoms with Crippen LogP contribution < -0.4 is 10.5 Å². The summed E-state index contributed by atoms with van der Waals surface area (Å²) in [6.45, 7) is 5.77. The van der Waals surface area contributed by atoms with E-state index in [1.54, 1.807) is 6.07 Å². The van der Waals surface area contributed by atoms with Gasteiger partial charge in [-0.15, -0.1) is 0 Å². The molecule has 6 heteroatoms. The van der Waals surface area contributed by atoms with E-state index in [-0.39, 0.29) is 23.4 Å². The van der Waals surface area contributed by atoms with Crippen LogP contribution in [0, 0.1) is 21.4 Å². The van der Waals surface area contributed by atoms with Gasteiger partial charge in [-0.1, -0.05) is 32.9 Å². The molecule has 1 aliphatic rings. The first kappa shape index (κ1) is 14.9. The maximum Gasteiger partial charge on any atom is 0.215 e. The van der Waals surface area contributed by atoms with Gasteiger partial charge in [0.2, 0.25) is 12.4 Å². The van der Waals surface area contributed by atoms with Crippen LogP contribution in [0.25, 0.3) is 0 Å². The van der Waals surface area contributed by atoms with Crippen molar-refractivity contribution >= 4 is 0 Å². The summed E-state index contributed by atoms with van der Waals surface area (Å²) in [4.78, 5) is 10.5. The fraction of sp³-hybridized carbons (Fsp3) is 0.400. The van der Waals surface area contributed by atoms with Gasteiger partial charge in [-0.2, -0.15) is 5.26 Å². The smallest absolute Gasteiger partial charge is 0.215 e. The molecule has 0 aliphatic carbocycles. The first-order valence-corrected chi connectivity index (χ1v) is 6.58. The van der Waals surface area contributed by atoms with E-state index in [0.717, 1.165) is 5.56 Å². The number of nitriles is 1. The van der Waals surface area contributed by atoms with E-state index >= 15 is 0 Å². The number of nitrogens with two attached hydrogens (primary N) is 1. The molecule has 1 aliphatic heterocycles. The molecule has 6 nitrogen and oxygen atoms in total. The molecule has 0 amide bonds. The van der Waals surface area contributed by atoms with Crippen LogP contribution in [-0.4, -0.2) is 11.5 Å². The molecule has 0 bridgehead atoms. The minimum absolute atomic E-state index is 0.0552. The van der Waals surface area contributed by atoms with Gasteiger partial charge in [0.05, 0.1) is 5.92 Å². The molecule has 1 atom stereocenters. The van der Waals surface area contributed by atoms with Gasteiger partial charge in [-0.05, 0) is 17.0 Å². The van der Waals surface area contributed by atoms with E-state index in [2.05, 4.69) is 20.8 Å². The summed E-state index contributed by atoms with van der Waals surface area (Å²) >= 11 is 0. The highest BCUT2D eigenvalue weighted by atomic mass is 16.6. The van der Waals surface area contributed by atoms with Crippen molar-refractivity contribution in [3.63, 3.8) is 0 Å². The summed E-state index contributed by atoms with van der Waals surface area (Å²) in [6, 6.07) is 7.47. The zero-order valence-corrected chi connectivity index (χ0v) is 12.2. The van der Waals surface area contributed by atoms with Crippen molar-refractivity contribution in [1.82, 2.24) is 0 Å². The number of nitrogens with zero attached hydrogens (tertiary/aromatic N) is 2. The third-order valence-electron chi connectivity index (χ3n) is 3.54. The maximum absolute atomic E-state index is 10.9. The van der Waals surface area contributed by atoms with Gasteiger partial charge in [0.25, 0.3) is 0 Å². The number of rotatable bonds is 2. The Morgan fingerprint density at radius 1 is 1.48 bits per heavy atom. The fourth-order valence-electron chi connectivity index (χ4n) is 2.35. The van der Waals surface area contributed by atoms with E-state index in [4.69, 9.17) is 10.5 Å². The van der Waals surface area contributed by atoms with Crippen molar-refractivity contribution in [3.05, 3.63) is 50.9 Å². The second-order valence-electron chi connectivity index (χ2n) is 6.06. The lowest BCUT2D eigenvalue weighted by Gasteiger charge is -2.27. The lowest BCUT2D eigenvalue weighted by molar-refractivity contribution is -0.482. The van der Waals surface area contributed by atoms with Gasteiger partial charge >= 0.3 is 0 Å². The summed E-state index contributed by atoms with van der Waals surface area (Å²) in [6.07, 6.45) is 0. The molecule has 0 fully saturated rings. The van der Waals surface area contributed by atoms with Crippen LogP contribution in [0.1, 0.15) is 37.8 Å². The molecular formula is C15H17N3O3. The monoisotopic (exact) mass is 287 g/mol. The van der Waals surface area contributed by atoms with Gasteiger partial charge in [0.1, 0.15) is 17.4 Å². The molecule has 0 spiro atoms. The molecule has 2 N–H and O–H groups in total. The molecule has 1 aromatic carbocycles. The molecule has 1 heterocycles. The van der Waals surface area contributed by atoms with E-state index in [1.807, 2.05) is 18.2 Å². The molecule has 1 aromatic rings. The topological polar surface area (TPSA) is 102 Å². The Kier molecular flexibility index (Phi) is 3.60. The molecule has 1 unspecified atom stereocenters. The Bertz CT molecular complexity index is 666. The van der Waals surface area contributed by atoms with E-state index in [0.29, 0.717) is 11.3 Å². The van der Waals surface area contributed by atoms with E-state index < -0.39 is 10.8 Å². The van der Waals surface area contributed by atoms with Crippen LogP contribution >= 0.6 is 0 Å². The van der Waals surface area contributed by atoms with Crippen molar-refractivity contribution in [1.29, 1.82) is 5.26 Å². The van der Waals surface area contributed by atoms with Crippen LogP contribution in [0.5, 0.6) is 5.75 Å². The van der Waals surface area contributed by atoms with Crippen LogP contribution in [0.4, 0.5) is 0 Å². The van der Waals surface area contributed by atoms with Gasteiger partial charge in [0, 0.05) is 10.5 Å². The van der Waals surface area contributed by atoms with Crippen LogP contribution in [0.3, 0.4) is 0 Å². The highest BCUT2D eigenvalue weighted by Crippen LogP contribution is 2.40. The molecular weight excluding hydrogens is 270 g/mol. The molecule has 2 rings (SSSR count). The Hall–Kier alpha value is -2.55. The summed E-state index contributed by atoms with van der Waals surface area (Å²) in [5.74, 6) is -0.247. The quantitative estimate of drug-likeness (QED) is 0.664. The predicted octanol–water partition coefficient (Wildman–Crippen LogP) is 2.43. The molecule has 0 radical (unpaired) electrons. The van der Waals surface area contributed by atoms with Crippen molar-refractivity contribution in [2.75, 3.05) is 6.54 Å². The lowest BCUT2D eigenvalue weighted by atomic mass is 9.82. The normalized spacial score (nSPS) is 17.7. The molecule has 0 saturated heterocycles. The summed E-state index contributed by atoms with van der Waals surface area (Å²) in [5, 5.41) is 20.1. The third-order valence-corrected chi connectivity index (χ3v) is 3.54. The van der Waals surface area contributed by atoms with Gasteiger partial charge < -0.3 is 10.5 Å². The molecule has 0 saturated carbocycles. The Labute approximate surface area is 123 Å². The summed E-state index contributed by atoms with van der Waals surface area (Å²) < 4.78 is 5.43. The Balaban J connectivity index is 2.58. The van der Waals surface area contributed by atoms with Gasteiger partial charge in [-0.25, -0.2) is 0 Å². The first-order valence-electron chi connectivity index (χ1n) is 6.58. The number of hydrogen-bond donors (Lipinski definition) is 1. The van der Waals surface area contributed by atoms with E-state index in [1.165, 1.54) is 0 Å². The molecule has 0 aromatic heterocycles. The number of fused-ring (bicyclic) bond motifs is 1. The van der Waals surface area contributed by atoms with Crippen LogP contribution in [0.2, 0.25) is 0 Å². The summed E-state index contributed by atoms with van der Waals surface area (Å²) in [5.41, 5.74) is 7.39. The maximum atomic E-state index is 10.9. The summed E-state index contributed by atoms with van der Waals surface area (Å²) in [7, 11) is 0. The predicted molar refractivity (Wildman–Crippen MR) is 77.2 cm³/mol. The van der Waals surface area contributed by atoms with Crippen molar-refractivity contribution in [2.45, 2.75) is 32.1 Å². The SMILES string of the molecule is CC(C)(C)c1ccc2c(c1)C(C[N+](=O)[O-])C(C#N)=C(N)O2. The minimum atomic E-state index is -0.670. The Morgan fingerprint density at radius 3 is 2.67 bits per heavy atom. The number of benzene rings is 1. The van der Waals surface area contributed by atoms with Crippen molar-refractivity contribution in [3.8, 4) is 11.8 Å². The van der Waals surface area contributed by atoms with Crippen LogP contribution in [0.15, 0.2) is 29.7 Å². The zero-order chi connectivity index (χ0) is 15.8. The van der Waals surface area contributed by atoms with E-state index in [9.17, 15) is 15.4 Å². The highest BCUT2D eigenvalue weighted by molar-refractivity contribution is 5.51. The highest BCUT2D eigenvalue weighted by Gasteiger charge is 2.33. The zero-order valence-electron chi connectivity index (χ0n) is 12.2. The minimum Gasteiger partial charge on any atom is -0.440 e. The fourth-order valence-corrected chi connectivity index (χ4v) is 2.35. The average molecular weight is 287 g/mol. The molecule has 110 valence electrons. The van der Waals surface area contributed by atoms with Crippen molar-refractivity contribution in [2.24, 2.45) is 5.73 Å². The Morgan fingerprint density at radius 2 is 2.14 bits per heavy atom. The van der Waals surface area contributed by atoms with Gasteiger partial charge in [0.15, 0.2) is 0 Å². The standard InChI is InChI=1S/C15H17N3O3/c1-15(2,3)9-4-5-13-10(6-9)12(8-18(19)20)11(7-16)14(17)21-13/h4-6,12H,8,17H2,1-3H3. The number of hydrogen-bond acceptors (Lipinski definition) is 5. The second kappa shape index (κ2) is 5.09. The van der Waals surface area contributed by atoms with Gasteiger partial charge in [-0.3, -0.25) is 10.1 Å². The largest absolute Gasteiger partial charge is 0.440 e. The van der Waals surface area contributed by atoms with Crippen molar-refractivity contribution < 1.29 is 9.66 Å².